The van der Waals surface area contributed by atoms with Crippen molar-refractivity contribution >= 4 is 6.29 Å². The van der Waals surface area contributed by atoms with Gasteiger partial charge in [-0.05, 0) is 26.7 Å². The van der Waals surface area contributed by atoms with E-state index in [0.29, 0.717) is 0 Å². The zero-order valence-electron chi connectivity index (χ0n) is 6.59. The van der Waals surface area contributed by atoms with Crippen molar-refractivity contribution in [2.75, 3.05) is 6.61 Å². The summed E-state index contributed by atoms with van der Waals surface area (Å²) in [6, 6.07) is 0. The van der Waals surface area contributed by atoms with E-state index in [1.807, 2.05) is 13.8 Å². The van der Waals surface area contributed by atoms with Crippen molar-refractivity contribution in [3.63, 3.8) is 0 Å². The topological polar surface area (TPSA) is 26.3 Å². The van der Waals surface area contributed by atoms with Crippen LogP contribution >= 0.6 is 0 Å². The summed E-state index contributed by atoms with van der Waals surface area (Å²) in [4.78, 5) is 10.5. The second-order valence-corrected chi connectivity index (χ2v) is 3.34. The third-order valence-electron chi connectivity index (χ3n) is 2.19. The Labute approximate surface area is 61.6 Å². The van der Waals surface area contributed by atoms with Crippen LogP contribution in [-0.2, 0) is 9.53 Å². The first-order valence-electron chi connectivity index (χ1n) is 3.76. The lowest BCUT2D eigenvalue weighted by atomic mass is 9.86. The molecule has 0 bridgehead atoms. The molecule has 0 aromatic carbocycles. The van der Waals surface area contributed by atoms with Gasteiger partial charge in [-0.1, -0.05) is 0 Å². The summed E-state index contributed by atoms with van der Waals surface area (Å²) >= 11 is 0. The number of rotatable bonds is 1. The second-order valence-electron chi connectivity index (χ2n) is 3.34. The van der Waals surface area contributed by atoms with E-state index in [-0.39, 0.29) is 11.5 Å². The lowest BCUT2D eigenvalue weighted by molar-refractivity contribution is -0.131. The van der Waals surface area contributed by atoms with Crippen molar-refractivity contribution in [3.8, 4) is 0 Å². The molecule has 0 spiro atoms. The zero-order valence-corrected chi connectivity index (χ0v) is 6.59. The normalized spacial score (nSPS) is 31.6. The molecule has 1 saturated heterocycles. The van der Waals surface area contributed by atoms with Gasteiger partial charge in [-0.15, -0.1) is 0 Å². The van der Waals surface area contributed by atoms with E-state index in [2.05, 4.69) is 0 Å². The van der Waals surface area contributed by atoms with E-state index in [0.717, 1.165) is 25.7 Å². The molecular formula is C8H14O2. The molecular weight excluding hydrogens is 128 g/mol. The standard InChI is InChI=1S/C8H14O2/c1-8(2)7(6-9)4-3-5-10-8/h6-7H,3-5H2,1-2H3/t7-/m0/s1. The molecule has 2 nitrogen and oxygen atoms in total. The van der Waals surface area contributed by atoms with Gasteiger partial charge in [0.25, 0.3) is 0 Å². The van der Waals surface area contributed by atoms with Gasteiger partial charge in [0.2, 0.25) is 0 Å². The van der Waals surface area contributed by atoms with E-state index in [4.69, 9.17) is 4.74 Å². The summed E-state index contributed by atoms with van der Waals surface area (Å²) < 4.78 is 5.44. The molecule has 0 N–H and O–H groups in total. The molecule has 1 heterocycles. The minimum Gasteiger partial charge on any atom is -0.375 e. The number of carbonyl (C=O) groups excluding carboxylic acids is 1. The first-order valence-corrected chi connectivity index (χ1v) is 3.76. The molecule has 0 aliphatic carbocycles. The minimum atomic E-state index is -0.222. The van der Waals surface area contributed by atoms with Crippen molar-refractivity contribution in [2.24, 2.45) is 5.92 Å². The lowest BCUT2D eigenvalue weighted by Crippen LogP contribution is -2.39. The van der Waals surface area contributed by atoms with E-state index in [1.165, 1.54) is 0 Å². The van der Waals surface area contributed by atoms with Gasteiger partial charge in [0.1, 0.15) is 6.29 Å². The number of carbonyl (C=O) groups is 1. The molecule has 0 radical (unpaired) electrons. The predicted molar refractivity (Wildman–Crippen MR) is 38.8 cm³/mol. The molecule has 0 aromatic heterocycles. The van der Waals surface area contributed by atoms with Crippen LogP contribution in [0.3, 0.4) is 0 Å². The molecule has 0 aromatic rings. The summed E-state index contributed by atoms with van der Waals surface area (Å²) in [5.41, 5.74) is -0.222. The average Bonchev–Trinajstić information content (AvgIpc) is 1.87. The van der Waals surface area contributed by atoms with Crippen LogP contribution in [0.2, 0.25) is 0 Å². The third-order valence-corrected chi connectivity index (χ3v) is 2.19. The quantitative estimate of drug-likeness (QED) is 0.517. The van der Waals surface area contributed by atoms with E-state index < -0.39 is 0 Å². The SMILES string of the molecule is CC1(C)OCCC[C@H]1C=O. The highest BCUT2D eigenvalue weighted by Gasteiger charge is 2.32. The zero-order chi connectivity index (χ0) is 7.61. The Hall–Kier alpha value is -0.370. The fourth-order valence-corrected chi connectivity index (χ4v) is 1.33. The van der Waals surface area contributed by atoms with Crippen LogP contribution in [0.15, 0.2) is 0 Å². The Morgan fingerprint density at radius 2 is 2.30 bits per heavy atom. The lowest BCUT2D eigenvalue weighted by Gasteiger charge is -2.35. The highest BCUT2D eigenvalue weighted by Crippen LogP contribution is 2.28. The average molecular weight is 142 g/mol. The second kappa shape index (κ2) is 2.70. The summed E-state index contributed by atoms with van der Waals surface area (Å²) in [7, 11) is 0. The summed E-state index contributed by atoms with van der Waals surface area (Å²) in [6.07, 6.45) is 3.02. The van der Waals surface area contributed by atoms with Gasteiger partial charge in [-0.25, -0.2) is 0 Å². The molecule has 1 atom stereocenters. The van der Waals surface area contributed by atoms with E-state index >= 15 is 0 Å². The molecule has 1 fully saturated rings. The fourth-order valence-electron chi connectivity index (χ4n) is 1.33. The van der Waals surface area contributed by atoms with Crippen molar-refractivity contribution in [1.29, 1.82) is 0 Å². The maximum atomic E-state index is 10.5. The molecule has 0 amide bonds. The van der Waals surface area contributed by atoms with Crippen LogP contribution in [0.25, 0.3) is 0 Å². The van der Waals surface area contributed by atoms with E-state index in [1.54, 1.807) is 0 Å². The maximum absolute atomic E-state index is 10.5. The Bertz CT molecular complexity index is 129. The largest absolute Gasteiger partial charge is 0.375 e. The van der Waals surface area contributed by atoms with Crippen LogP contribution in [0.4, 0.5) is 0 Å². The number of hydrogen-bond acceptors (Lipinski definition) is 2. The Balaban J connectivity index is 2.59. The minimum absolute atomic E-state index is 0.0984. The van der Waals surface area contributed by atoms with Crippen LogP contribution in [0.5, 0.6) is 0 Å². The van der Waals surface area contributed by atoms with Gasteiger partial charge in [-0.3, -0.25) is 0 Å². The summed E-state index contributed by atoms with van der Waals surface area (Å²) in [6.45, 7) is 4.76. The highest BCUT2D eigenvalue weighted by molar-refractivity contribution is 5.55. The molecule has 1 aliphatic rings. The van der Waals surface area contributed by atoms with Crippen molar-refractivity contribution in [3.05, 3.63) is 0 Å². The molecule has 0 unspecified atom stereocenters. The van der Waals surface area contributed by atoms with Crippen molar-refractivity contribution < 1.29 is 9.53 Å². The van der Waals surface area contributed by atoms with Gasteiger partial charge < -0.3 is 9.53 Å². The molecule has 1 aliphatic heterocycles. The first kappa shape index (κ1) is 7.73. The fraction of sp³-hybridized carbons (Fsp3) is 0.875. The maximum Gasteiger partial charge on any atom is 0.125 e. The first-order chi connectivity index (χ1) is 4.67. The molecule has 1 rings (SSSR count). The van der Waals surface area contributed by atoms with Crippen LogP contribution in [-0.4, -0.2) is 18.5 Å². The van der Waals surface area contributed by atoms with Gasteiger partial charge in [-0.2, -0.15) is 0 Å². The van der Waals surface area contributed by atoms with Gasteiger partial charge in [0.05, 0.1) is 5.60 Å². The Morgan fingerprint density at radius 1 is 1.60 bits per heavy atom. The predicted octanol–water partition coefficient (Wildman–Crippen LogP) is 1.39. The molecule has 58 valence electrons. The Morgan fingerprint density at radius 3 is 2.70 bits per heavy atom. The van der Waals surface area contributed by atoms with Gasteiger partial charge in [0.15, 0.2) is 0 Å². The van der Waals surface area contributed by atoms with Gasteiger partial charge >= 0.3 is 0 Å². The van der Waals surface area contributed by atoms with Crippen molar-refractivity contribution in [2.45, 2.75) is 32.3 Å². The third kappa shape index (κ3) is 1.37. The monoisotopic (exact) mass is 142 g/mol. The molecule has 0 saturated carbocycles. The summed E-state index contributed by atoms with van der Waals surface area (Å²) in [5, 5.41) is 0. The molecule has 10 heavy (non-hydrogen) atoms. The van der Waals surface area contributed by atoms with Crippen molar-refractivity contribution in [1.82, 2.24) is 0 Å². The van der Waals surface area contributed by atoms with Crippen LogP contribution < -0.4 is 0 Å². The highest BCUT2D eigenvalue weighted by atomic mass is 16.5. The number of aldehydes is 1. The van der Waals surface area contributed by atoms with Crippen LogP contribution in [0.1, 0.15) is 26.7 Å². The van der Waals surface area contributed by atoms with Crippen LogP contribution in [0, 0.1) is 5.92 Å². The smallest absolute Gasteiger partial charge is 0.125 e. The van der Waals surface area contributed by atoms with E-state index in [9.17, 15) is 4.79 Å². The Kier molecular flexibility index (Phi) is 2.09. The summed E-state index contributed by atoms with van der Waals surface area (Å²) in [5.74, 6) is 0.0984. The molecule has 2 heteroatoms. The van der Waals surface area contributed by atoms with Gasteiger partial charge in [0, 0.05) is 12.5 Å². The number of hydrogen-bond donors (Lipinski definition) is 0. The number of ether oxygens (including phenoxy) is 1.